The van der Waals surface area contributed by atoms with Crippen LogP contribution in [0.5, 0.6) is 0 Å². The van der Waals surface area contributed by atoms with Crippen molar-refractivity contribution in [3.05, 3.63) is 59.4 Å². The van der Waals surface area contributed by atoms with Crippen LogP contribution in [-0.4, -0.2) is 51.2 Å². The van der Waals surface area contributed by atoms with Gasteiger partial charge >= 0.3 is 0 Å². The van der Waals surface area contributed by atoms with Crippen LogP contribution in [0.2, 0.25) is 5.02 Å². The van der Waals surface area contributed by atoms with E-state index in [-0.39, 0.29) is 0 Å². The molecule has 0 atom stereocenters. The zero-order chi connectivity index (χ0) is 19.6. The van der Waals surface area contributed by atoms with Crippen LogP contribution < -0.4 is 4.90 Å². The molecule has 4 aromatic rings. The maximum absolute atomic E-state index is 6.05. The van der Waals surface area contributed by atoms with E-state index in [4.69, 9.17) is 21.0 Å². The Balaban J connectivity index is 1.24. The van der Waals surface area contributed by atoms with Crippen molar-refractivity contribution in [2.45, 2.75) is 13.0 Å². The van der Waals surface area contributed by atoms with Gasteiger partial charge in [-0.3, -0.25) is 4.90 Å². The number of anilines is 1. The molecule has 1 aliphatic heterocycles. The second-order valence-electron chi connectivity index (χ2n) is 7.21. The molecule has 0 unspecified atom stereocenters. The lowest BCUT2D eigenvalue weighted by Crippen LogP contribution is -2.31. The number of fused-ring (bicyclic) bond motifs is 1. The fourth-order valence-corrected chi connectivity index (χ4v) is 3.87. The van der Waals surface area contributed by atoms with Crippen molar-refractivity contribution < 1.29 is 4.42 Å². The SMILES string of the molecule is Clc1cccc(-c2nnc(CN3CCCN(c4nc5ccccc5[nH]4)CC3)o2)c1. The number of H-pyrrole nitrogens is 1. The summed E-state index contributed by atoms with van der Waals surface area (Å²) in [5.74, 6) is 2.06. The Morgan fingerprint density at radius 2 is 1.93 bits per heavy atom. The fourth-order valence-electron chi connectivity index (χ4n) is 3.68. The highest BCUT2D eigenvalue weighted by Gasteiger charge is 2.19. The van der Waals surface area contributed by atoms with Gasteiger partial charge in [0.1, 0.15) is 0 Å². The van der Waals surface area contributed by atoms with Gasteiger partial charge in [0.25, 0.3) is 0 Å². The summed E-state index contributed by atoms with van der Waals surface area (Å²) in [5.41, 5.74) is 2.91. The van der Waals surface area contributed by atoms with Crippen LogP contribution in [-0.2, 0) is 6.54 Å². The van der Waals surface area contributed by atoms with E-state index in [0.717, 1.165) is 55.1 Å². The third-order valence-corrected chi connectivity index (χ3v) is 5.40. The summed E-state index contributed by atoms with van der Waals surface area (Å²) >= 11 is 6.05. The lowest BCUT2D eigenvalue weighted by Gasteiger charge is -2.20. The first-order chi connectivity index (χ1) is 14.2. The Kier molecular flexibility index (Phi) is 4.91. The standard InChI is InChI=1S/C21H21ClN6O/c22-16-6-3-5-15(13-16)20-26-25-19(29-20)14-27-9-4-10-28(12-11-27)21-23-17-7-1-2-8-18(17)24-21/h1-3,5-8,13H,4,9-12,14H2,(H,23,24). The third-order valence-electron chi connectivity index (χ3n) is 5.16. The summed E-state index contributed by atoms with van der Waals surface area (Å²) in [5, 5.41) is 9.05. The number of aromatic nitrogens is 4. The number of hydrogen-bond acceptors (Lipinski definition) is 6. The predicted octanol–water partition coefficient (Wildman–Crippen LogP) is 3.98. The van der Waals surface area contributed by atoms with E-state index in [0.29, 0.717) is 23.3 Å². The molecule has 3 heterocycles. The lowest BCUT2D eigenvalue weighted by molar-refractivity contribution is 0.256. The number of nitrogens with zero attached hydrogens (tertiary/aromatic N) is 5. The van der Waals surface area contributed by atoms with E-state index in [1.165, 1.54) is 0 Å². The minimum Gasteiger partial charge on any atom is -0.419 e. The molecule has 2 aromatic carbocycles. The average molecular weight is 409 g/mol. The topological polar surface area (TPSA) is 74.1 Å². The van der Waals surface area contributed by atoms with Crippen molar-refractivity contribution in [1.29, 1.82) is 0 Å². The molecule has 2 aromatic heterocycles. The first-order valence-electron chi connectivity index (χ1n) is 9.75. The molecule has 5 rings (SSSR count). The van der Waals surface area contributed by atoms with Gasteiger partial charge in [-0.1, -0.05) is 29.8 Å². The summed E-state index contributed by atoms with van der Waals surface area (Å²) in [6, 6.07) is 15.6. The largest absolute Gasteiger partial charge is 0.419 e. The summed E-state index contributed by atoms with van der Waals surface area (Å²) in [6.45, 7) is 4.39. The fraction of sp³-hybridized carbons (Fsp3) is 0.286. The second kappa shape index (κ2) is 7.85. The van der Waals surface area contributed by atoms with Crippen molar-refractivity contribution in [1.82, 2.24) is 25.1 Å². The van der Waals surface area contributed by atoms with Crippen LogP contribution in [0.15, 0.2) is 52.9 Å². The second-order valence-corrected chi connectivity index (χ2v) is 7.64. The molecular formula is C21H21ClN6O. The number of para-hydroxylation sites is 2. The molecule has 0 aliphatic carbocycles. The van der Waals surface area contributed by atoms with Gasteiger partial charge in [-0.05, 0) is 36.8 Å². The number of rotatable bonds is 4. The molecule has 148 valence electrons. The molecule has 8 heteroatoms. The average Bonchev–Trinajstić information content (AvgIpc) is 3.30. The highest BCUT2D eigenvalue weighted by atomic mass is 35.5. The molecule has 0 amide bonds. The zero-order valence-corrected chi connectivity index (χ0v) is 16.6. The Morgan fingerprint density at radius 1 is 1.00 bits per heavy atom. The van der Waals surface area contributed by atoms with E-state index in [9.17, 15) is 0 Å². The van der Waals surface area contributed by atoms with Gasteiger partial charge in [-0.15, -0.1) is 10.2 Å². The molecule has 0 spiro atoms. The number of halogens is 1. The van der Waals surface area contributed by atoms with Gasteiger partial charge in [0.15, 0.2) is 0 Å². The van der Waals surface area contributed by atoms with E-state index < -0.39 is 0 Å². The minimum atomic E-state index is 0.501. The van der Waals surface area contributed by atoms with Crippen LogP contribution in [0.4, 0.5) is 5.95 Å². The van der Waals surface area contributed by atoms with Crippen molar-refractivity contribution in [2.24, 2.45) is 0 Å². The zero-order valence-electron chi connectivity index (χ0n) is 15.9. The first-order valence-corrected chi connectivity index (χ1v) is 10.1. The van der Waals surface area contributed by atoms with E-state index in [2.05, 4.69) is 31.0 Å². The Morgan fingerprint density at radius 3 is 2.83 bits per heavy atom. The van der Waals surface area contributed by atoms with Crippen LogP contribution in [0.3, 0.4) is 0 Å². The minimum absolute atomic E-state index is 0.501. The van der Waals surface area contributed by atoms with Gasteiger partial charge < -0.3 is 14.3 Å². The number of benzene rings is 2. The van der Waals surface area contributed by atoms with Crippen LogP contribution in [0.25, 0.3) is 22.5 Å². The van der Waals surface area contributed by atoms with E-state index in [1.54, 1.807) is 0 Å². The monoisotopic (exact) mass is 408 g/mol. The van der Waals surface area contributed by atoms with Crippen LogP contribution in [0, 0.1) is 0 Å². The number of aromatic amines is 1. The van der Waals surface area contributed by atoms with Gasteiger partial charge in [0.05, 0.1) is 17.6 Å². The highest BCUT2D eigenvalue weighted by molar-refractivity contribution is 6.30. The summed E-state index contributed by atoms with van der Waals surface area (Å²) in [6.07, 6.45) is 1.05. The number of imidazole rings is 1. The number of hydrogen-bond donors (Lipinski definition) is 1. The first kappa shape index (κ1) is 18.1. The van der Waals surface area contributed by atoms with Crippen molar-refractivity contribution >= 4 is 28.6 Å². The van der Waals surface area contributed by atoms with Gasteiger partial charge in [0, 0.05) is 36.8 Å². The Hall–Kier alpha value is -2.90. The quantitative estimate of drug-likeness (QED) is 0.550. The van der Waals surface area contributed by atoms with Crippen molar-refractivity contribution in [2.75, 3.05) is 31.1 Å². The summed E-state index contributed by atoms with van der Waals surface area (Å²) in [7, 11) is 0. The maximum atomic E-state index is 6.05. The molecule has 0 saturated carbocycles. The highest BCUT2D eigenvalue weighted by Crippen LogP contribution is 2.22. The van der Waals surface area contributed by atoms with Gasteiger partial charge in [-0.2, -0.15) is 0 Å². The lowest BCUT2D eigenvalue weighted by atomic mass is 10.2. The smallest absolute Gasteiger partial charge is 0.247 e. The molecule has 1 fully saturated rings. The molecular weight excluding hydrogens is 388 g/mol. The van der Waals surface area contributed by atoms with Gasteiger partial charge in [0.2, 0.25) is 17.7 Å². The molecule has 1 N–H and O–H groups in total. The molecule has 1 aliphatic rings. The van der Waals surface area contributed by atoms with E-state index in [1.807, 2.05) is 42.5 Å². The molecule has 29 heavy (non-hydrogen) atoms. The predicted molar refractivity (Wildman–Crippen MR) is 113 cm³/mol. The maximum Gasteiger partial charge on any atom is 0.247 e. The van der Waals surface area contributed by atoms with Gasteiger partial charge in [-0.25, -0.2) is 4.98 Å². The molecule has 0 bridgehead atoms. The van der Waals surface area contributed by atoms with Crippen LogP contribution in [0.1, 0.15) is 12.3 Å². The molecule has 0 radical (unpaired) electrons. The molecule has 1 saturated heterocycles. The normalized spacial score (nSPS) is 15.7. The van der Waals surface area contributed by atoms with Crippen molar-refractivity contribution in [3.63, 3.8) is 0 Å². The van der Waals surface area contributed by atoms with Crippen molar-refractivity contribution in [3.8, 4) is 11.5 Å². The molecule has 7 nitrogen and oxygen atoms in total. The Labute approximate surface area is 173 Å². The summed E-state index contributed by atoms with van der Waals surface area (Å²) in [4.78, 5) is 12.8. The summed E-state index contributed by atoms with van der Waals surface area (Å²) < 4.78 is 5.86. The van der Waals surface area contributed by atoms with E-state index >= 15 is 0 Å². The van der Waals surface area contributed by atoms with Crippen LogP contribution >= 0.6 is 11.6 Å². The Bertz CT molecular complexity index is 1090. The number of nitrogens with one attached hydrogen (secondary N) is 1. The third kappa shape index (κ3) is 3.97.